The van der Waals surface area contributed by atoms with Gasteiger partial charge < -0.3 is 24.4 Å². The number of hydrogen-bond acceptors (Lipinski definition) is 5. The molecule has 0 unspecified atom stereocenters. The Morgan fingerprint density at radius 1 is 1.00 bits per heavy atom. The number of fused-ring (bicyclic) bond motifs is 1. The third kappa shape index (κ3) is 4.49. The number of ether oxygens (including phenoxy) is 3. The summed E-state index contributed by atoms with van der Waals surface area (Å²) in [6, 6.07) is 12.6. The lowest BCUT2D eigenvalue weighted by Gasteiger charge is -2.30. The fraction of sp³-hybridized carbons (Fsp3) is 0.429. The van der Waals surface area contributed by atoms with Gasteiger partial charge in [0.2, 0.25) is 0 Å². The lowest BCUT2D eigenvalue weighted by Crippen LogP contribution is -2.37. The van der Waals surface area contributed by atoms with Crippen molar-refractivity contribution in [3.63, 3.8) is 0 Å². The monoisotopic (exact) mass is 388 g/mol. The van der Waals surface area contributed by atoms with Gasteiger partial charge in [-0.1, -0.05) is 29.8 Å². The molecule has 4 rings (SSSR count). The minimum Gasteiger partial charge on any atom is -0.486 e. The normalized spacial score (nSPS) is 16.4. The molecule has 0 spiro atoms. The molecule has 0 bridgehead atoms. The highest BCUT2D eigenvalue weighted by Gasteiger charge is 2.17. The van der Waals surface area contributed by atoms with Crippen molar-refractivity contribution in [3.8, 4) is 11.5 Å². The van der Waals surface area contributed by atoms with E-state index >= 15 is 0 Å². The van der Waals surface area contributed by atoms with Crippen molar-refractivity contribution < 1.29 is 14.2 Å². The first-order chi connectivity index (χ1) is 13.3. The molecule has 5 nitrogen and oxygen atoms in total. The maximum absolute atomic E-state index is 6.32. The van der Waals surface area contributed by atoms with E-state index in [9.17, 15) is 0 Å². The molecule has 1 saturated heterocycles. The maximum Gasteiger partial charge on any atom is 0.179 e. The Kier molecular flexibility index (Phi) is 6.02. The number of nitrogens with one attached hydrogen (secondary N) is 1. The van der Waals surface area contributed by atoms with E-state index in [0.29, 0.717) is 24.0 Å². The molecular weight excluding hydrogens is 364 g/mol. The van der Waals surface area contributed by atoms with E-state index in [0.717, 1.165) is 57.1 Å². The molecule has 6 heteroatoms. The maximum atomic E-state index is 6.32. The van der Waals surface area contributed by atoms with E-state index in [2.05, 4.69) is 34.5 Å². The number of benzene rings is 2. The summed E-state index contributed by atoms with van der Waals surface area (Å²) in [4.78, 5) is 2.40. The molecule has 1 N–H and O–H groups in total. The van der Waals surface area contributed by atoms with Crippen LogP contribution in [0.5, 0.6) is 11.5 Å². The van der Waals surface area contributed by atoms with E-state index in [1.807, 2.05) is 12.1 Å². The minimum atomic E-state index is 0.552. The molecule has 2 aromatic carbocycles. The Balaban J connectivity index is 1.34. The molecule has 2 heterocycles. The van der Waals surface area contributed by atoms with Crippen LogP contribution in [0.25, 0.3) is 0 Å². The molecule has 0 saturated carbocycles. The summed E-state index contributed by atoms with van der Waals surface area (Å²) in [5.74, 6) is 1.42. The molecular formula is C21H25ClN2O3. The number of halogens is 1. The Morgan fingerprint density at radius 2 is 1.81 bits per heavy atom. The fourth-order valence-electron chi connectivity index (χ4n) is 3.54. The highest BCUT2D eigenvalue weighted by Crippen LogP contribution is 2.38. The summed E-state index contributed by atoms with van der Waals surface area (Å²) >= 11 is 6.32. The van der Waals surface area contributed by atoms with Gasteiger partial charge in [0.15, 0.2) is 11.5 Å². The second-order valence-electron chi connectivity index (χ2n) is 6.76. The number of morpholine rings is 1. The van der Waals surface area contributed by atoms with Crippen molar-refractivity contribution in [2.24, 2.45) is 0 Å². The second kappa shape index (κ2) is 8.83. The molecule has 0 amide bonds. The lowest BCUT2D eigenvalue weighted by atomic mass is 10.1. The van der Waals surface area contributed by atoms with Gasteiger partial charge in [0.25, 0.3) is 0 Å². The van der Waals surface area contributed by atoms with Crippen LogP contribution < -0.4 is 19.7 Å². The molecule has 2 aliphatic rings. The summed E-state index contributed by atoms with van der Waals surface area (Å²) < 4.78 is 16.7. The van der Waals surface area contributed by atoms with Crippen molar-refractivity contribution in [1.29, 1.82) is 0 Å². The molecule has 1 fully saturated rings. The van der Waals surface area contributed by atoms with Crippen LogP contribution in [-0.2, 0) is 17.7 Å². The van der Waals surface area contributed by atoms with Crippen LogP contribution in [0, 0.1) is 0 Å². The zero-order valence-electron chi connectivity index (χ0n) is 15.4. The lowest BCUT2D eigenvalue weighted by molar-refractivity contribution is 0.122. The number of hydrogen-bond donors (Lipinski definition) is 1. The average molecular weight is 389 g/mol. The third-order valence-electron chi connectivity index (χ3n) is 4.91. The van der Waals surface area contributed by atoms with E-state index < -0.39 is 0 Å². The summed E-state index contributed by atoms with van der Waals surface area (Å²) in [6.45, 7) is 6.33. The van der Waals surface area contributed by atoms with Crippen molar-refractivity contribution in [1.82, 2.24) is 5.32 Å². The molecule has 2 aliphatic heterocycles. The largest absolute Gasteiger partial charge is 0.486 e. The summed E-state index contributed by atoms with van der Waals surface area (Å²) in [6.07, 6.45) is 0.885. The molecule has 0 aliphatic carbocycles. The molecule has 27 heavy (non-hydrogen) atoms. The smallest absolute Gasteiger partial charge is 0.179 e. The van der Waals surface area contributed by atoms with Gasteiger partial charge in [0.05, 0.1) is 18.2 Å². The summed E-state index contributed by atoms with van der Waals surface area (Å²) in [5, 5.41) is 4.18. The second-order valence-corrected chi connectivity index (χ2v) is 7.16. The van der Waals surface area contributed by atoms with Gasteiger partial charge >= 0.3 is 0 Å². The Bertz CT molecular complexity index is 778. The zero-order chi connectivity index (χ0) is 18.5. The average Bonchev–Trinajstić information content (AvgIpc) is 2.72. The van der Waals surface area contributed by atoms with Crippen LogP contribution in [0.4, 0.5) is 5.69 Å². The van der Waals surface area contributed by atoms with Crippen molar-refractivity contribution in [2.45, 2.75) is 13.0 Å². The predicted octanol–water partition coefficient (Wildman–Crippen LogP) is 3.28. The summed E-state index contributed by atoms with van der Waals surface area (Å²) in [5.41, 5.74) is 3.77. The van der Waals surface area contributed by atoms with E-state index in [-0.39, 0.29) is 0 Å². The molecule has 0 aromatic heterocycles. The van der Waals surface area contributed by atoms with Crippen LogP contribution >= 0.6 is 11.6 Å². The number of rotatable bonds is 6. The Hall–Kier alpha value is -1.95. The van der Waals surface area contributed by atoms with Crippen LogP contribution in [0.1, 0.15) is 11.1 Å². The van der Waals surface area contributed by atoms with E-state index in [1.165, 1.54) is 11.3 Å². The topological polar surface area (TPSA) is 43.0 Å². The van der Waals surface area contributed by atoms with Gasteiger partial charge in [-0.3, -0.25) is 0 Å². The van der Waals surface area contributed by atoms with Crippen molar-refractivity contribution in [2.75, 3.05) is 51.0 Å². The van der Waals surface area contributed by atoms with Gasteiger partial charge in [0.1, 0.15) is 13.2 Å². The zero-order valence-corrected chi connectivity index (χ0v) is 16.1. The van der Waals surface area contributed by atoms with E-state index in [1.54, 1.807) is 0 Å². The highest BCUT2D eigenvalue weighted by atomic mass is 35.5. The molecule has 2 aromatic rings. The van der Waals surface area contributed by atoms with Crippen LogP contribution in [0.2, 0.25) is 5.02 Å². The van der Waals surface area contributed by atoms with Crippen LogP contribution in [0.3, 0.4) is 0 Å². The Morgan fingerprint density at radius 3 is 2.70 bits per heavy atom. The fourth-order valence-corrected chi connectivity index (χ4v) is 3.83. The van der Waals surface area contributed by atoms with Gasteiger partial charge in [0, 0.05) is 25.3 Å². The quantitative estimate of drug-likeness (QED) is 0.769. The van der Waals surface area contributed by atoms with Gasteiger partial charge in [-0.25, -0.2) is 0 Å². The molecule has 144 valence electrons. The van der Waals surface area contributed by atoms with Crippen LogP contribution in [-0.4, -0.2) is 46.1 Å². The van der Waals surface area contributed by atoms with E-state index in [4.69, 9.17) is 25.8 Å². The van der Waals surface area contributed by atoms with Crippen molar-refractivity contribution >= 4 is 17.3 Å². The third-order valence-corrected chi connectivity index (χ3v) is 5.19. The van der Waals surface area contributed by atoms with Gasteiger partial charge in [-0.05, 0) is 42.3 Å². The molecule has 0 radical (unpaired) electrons. The highest BCUT2D eigenvalue weighted by molar-refractivity contribution is 6.32. The van der Waals surface area contributed by atoms with Gasteiger partial charge in [-0.2, -0.15) is 0 Å². The number of nitrogens with zero attached hydrogens (tertiary/aromatic N) is 1. The number of para-hydroxylation sites is 1. The first-order valence-electron chi connectivity index (χ1n) is 9.50. The Labute approximate surface area is 165 Å². The molecule has 0 atom stereocenters. The number of anilines is 1. The predicted molar refractivity (Wildman–Crippen MR) is 107 cm³/mol. The van der Waals surface area contributed by atoms with Crippen LogP contribution in [0.15, 0.2) is 36.4 Å². The van der Waals surface area contributed by atoms with Gasteiger partial charge in [-0.15, -0.1) is 0 Å². The standard InChI is InChI=1S/C21H25ClN2O3/c22-18-13-16(14-20-21(18)27-12-11-26-20)5-6-23-15-17-3-1-2-4-19(17)24-7-9-25-10-8-24/h1-4,13-14,23H,5-12,15H2. The SMILES string of the molecule is Clc1cc(CCNCc2ccccc2N2CCOCC2)cc2c1OCCO2. The summed E-state index contributed by atoms with van der Waals surface area (Å²) in [7, 11) is 0. The minimum absolute atomic E-state index is 0.552. The first-order valence-corrected chi connectivity index (χ1v) is 9.88. The van der Waals surface area contributed by atoms with Crippen molar-refractivity contribution in [3.05, 3.63) is 52.5 Å². The first kappa shape index (κ1) is 18.4.